The summed E-state index contributed by atoms with van der Waals surface area (Å²) in [6, 6.07) is 5.99. The summed E-state index contributed by atoms with van der Waals surface area (Å²) in [6.45, 7) is 0.584. The van der Waals surface area contributed by atoms with E-state index in [1.807, 2.05) is 4.90 Å². The van der Waals surface area contributed by atoms with Crippen molar-refractivity contribution in [1.82, 2.24) is 25.1 Å². The van der Waals surface area contributed by atoms with Crippen LogP contribution in [0.4, 0.5) is 44.6 Å². The Hall–Kier alpha value is -5.24. The van der Waals surface area contributed by atoms with E-state index in [0.29, 0.717) is 42.2 Å². The second kappa shape index (κ2) is 14.4. The van der Waals surface area contributed by atoms with Crippen LogP contribution in [0.3, 0.4) is 0 Å². The summed E-state index contributed by atoms with van der Waals surface area (Å²) >= 11 is 1.23. The number of anilines is 1. The molecule has 55 heavy (non-hydrogen) atoms. The van der Waals surface area contributed by atoms with Crippen molar-refractivity contribution in [3.8, 4) is 11.1 Å². The van der Waals surface area contributed by atoms with Crippen LogP contribution in [0.25, 0.3) is 21.5 Å². The lowest BCUT2D eigenvalue weighted by Crippen LogP contribution is -2.37. The molecule has 4 heterocycles. The van der Waals surface area contributed by atoms with E-state index in [2.05, 4.69) is 15.4 Å². The molecule has 1 saturated heterocycles. The highest BCUT2D eigenvalue weighted by Gasteiger charge is 2.55. The number of carbonyl (C=O) groups is 2. The average molecular weight is 798 g/mol. The number of hydrogen-bond donors (Lipinski definition) is 2. The van der Waals surface area contributed by atoms with Gasteiger partial charge in [-0.05, 0) is 47.9 Å². The van der Waals surface area contributed by atoms with Crippen LogP contribution >= 0.6 is 11.3 Å². The Morgan fingerprint density at radius 1 is 0.927 bits per heavy atom. The zero-order valence-electron chi connectivity index (χ0n) is 28.2. The van der Waals surface area contributed by atoms with Gasteiger partial charge in [0.15, 0.2) is 10.8 Å². The molecule has 2 aromatic carbocycles. The number of thiazole rings is 1. The van der Waals surface area contributed by atoms with Crippen molar-refractivity contribution in [3.63, 3.8) is 0 Å². The van der Waals surface area contributed by atoms with Crippen molar-refractivity contribution < 1.29 is 53.8 Å². The van der Waals surface area contributed by atoms with E-state index >= 15 is 8.78 Å². The normalized spacial score (nSPS) is 17.0. The first-order valence-corrected chi connectivity index (χ1v) is 17.5. The third kappa shape index (κ3) is 7.56. The number of morpholine rings is 1. The summed E-state index contributed by atoms with van der Waals surface area (Å²) in [6.07, 6.45) is -6.97. The van der Waals surface area contributed by atoms with E-state index in [0.717, 1.165) is 24.3 Å². The average Bonchev–Trinajstić information content (AvgIpc) is 3.73. The van der Waals surface area contributed by atoms with E-state index in [4.69, 9.17) is 15.5 Å². The predicted molar refractivity (Wildman–Crippen MR) is 180 cm³/mol. The van der Waals surface area contributed by atoms with Crippen LogP contribution in [0.5, 0.6) is 0 Å². The van der Waals surface area contributed by atoms with Gasteiger partial charge in [-0.1, -0.05) is 17.4 Å². The lowest BCUT2D eigenvalue weighted by molar-refractivity contribution is -0.123. The Morgan fingerprint density at radius 3 is 2.29 bits per heavy atom. The molecule has 1 fully saturated rings. The number of fused-ring (bicyclic) bond motifs is 2. The first kappa shape index (κ1) is 38.1. The van der Waals surface area contributed by atoms with Crippen LogP contribution in [0, 0.1) is 17.5 Å². The third-order valence-corrected chi connectivity index (χ3v) is 10.2. The van der Waals surface area contributed by atoms with E-state index in [9.17, 15) is 40.3 Å². The molecule has 1 atom stereocenters. The van der Waals surface area contributed by atoms with Crippen LogP contribution in [-0.2, 0) is 34.3 Å². The van der Waals surface area contributed by atoms with Gasteiger partial charge in [0.25, 0.3) is 24.2 Å². The minimum absolute atomic E-state index is 0.0394. The molecule has 290 valence electrons. The molecule has 0 spiro atoms. The quantitative estimate of drug-likeness (QED) is 0.147. The molecule has 10 nitrogen and oxygen atoms in total. The number of alkyl halides is 6. The van der Waals surface area contributed by atoms with Gasteiger partial charge >= 0.3 is 0 Å². The molecule has 7 rings (SSSR count). The van der Waals surface area contributed by atoms with Crippen LogP contribution < -0.4 is 16.0 Å². The third-order valence-electron chi connectivity index (χ3n) is 9.20. The zero-order valence-corrected chi connectivity index (χ0v) is 29.0. The fraction of sp³-hybridized carbons (Fsp3) is 0.343. The maximum atomic E-state index is 15.1. The molecule has 3 N–H and O–H groups in total. The van der Waals surface area contributed by atoms with Crippen molar-refractivity contribution in [2.24, 2.45) is 5.73 Å². The van der Waals surface area contributed by atoms with Crippen molar-refractivity contribution in [1.29, 1.82) is 0 Å². The molecule has 0 saturated carbocycles. The molecular formula is C35H28F9N7O3S. The standard InChI is InChI=1S/C35H28F9N7O3S/c36-18-9-16(10-19(37)13-18)11-23(46-25(52)15-51-29-26(28(49-51)30(39)40)34(41,42)3-4-35(29,43)44)27-20(17-1-2-22(38)21(12-17)31(45)53)14-24-32(47-27)48-33(55-24)50-5-7-54-8-6-50/h1-2,9-10,12-14,23,30H,3-8,11,15H2,(H2,45,53)(H,46,52)/t23-/m1/s1. The number of benzene rings is 2. The fourth-order valence-corrected chi connectivity index (χ4v) is 7.73. The molecule has 2 aliphatic rings. The second-order valence-electron chi connectivity index (χ2n) is 13.0. The number of carbonyl (C=O) groups excluding carboxylic acids is 2. The van der Waals surface area contributed by atoms with Crippen molar-refractivity contribution in [3.05, 3.63) is 93.7 Å². The topological polar surface area (TPSA) is 128 Å². The number of nitrogens with two attached hydrogens (primary N) is 1. The zero-order chi connectivity index (χ0) is 39.4. The van der Waals surface area contributed by atoms with Gasteiger partial charge in [0.2, 0.25) is 5.91 Å². The molecule has 0 bridgehead atoms. The van der Waals surface area contributed by atoms with Crippen LogP contribution in [-0.4, -0.2) is 57.9 Å². The monoisotopic (exact) mass is 797 g/mol. The van der Waals surface area contributed by atoms with Gasteiger partial charge in [0.05, 0.1) is 40.8 Å². The molecule has 0 radical (unpaired) electrons. The highest BCUT2D eigenvalue weighted by Crippen LogP contribution is 2.52. The minimum atomic E-state index is -4.09. The molecule has 0 unspecified atom stereocenters. The summed E-state index contributed by atoms with van der Waals surface area (Å²) in [7, 11) is 0. The van der Waals surface area contributed by atoms with Gasteiger partial charge in [-0.3, -0.25) is 14.3 Å². The largest absolute Gasteiger partial charge is 0.378 e. The Labute approximate surface area is 309 Å². The molecule has 20 heteroatoms. The van der Waals surface area contributed by atoms with Gasteiger partial charge in [-0.25, -0.2) is 35.7 Å². The van der Waals surface area contributed by atoms with Crippen molar-refractivity contribution >= 4 is 38.6 Å². The summed E-state index contributed by atoms with van der Waals surface area (Å²) in [5.74, 6) is -13.4. The number of amides is 2. The predicted octanol–water partition coefficient (Wildman–Crippen LogP) is 6.92. The number of nitrogens with zero attached hydrogens (tertiary/aromatic N) is 5. The smallest absolute Gasteiger partial charge is 0.290 e. The van der Waals surface area contributed by atoms with Gasteiger partial charge in [0.1, 0.15) is 35.4 Å². The van der Waals surface area contributed by atoms with Crippen LogP contribution in [0.15, 0.2) is 42.5 Å². The number of rotatable bonds is 10. The van der Waals surface area contributed by atoms with Gasteiger partial charge in [0, 0.05) is 37.6 Å². The summed E-state index contributed by atoms with van der Waals surface area (Å²) in [5, 5.41) is 6.38. The fourth-order valence-electron chi connectivity index (χ4n) is 6.73. The highest BCUT2D eigenvalue weighted by atomic mass is 32.1. The first-order valence-electron chi connectivity index (χ1n) is 16.6. The highest BCUT2D eigenvalue weighted by molar-refractivity contribution is 7.22. The maximum Gasteiger partial charge on any atom is 0.290 e. The van der Waals surface area contributed by atoms with Crippen LogP contribution in [0.1, 0.15) is 63.9 Å². The van der Waals surface area contributed by atoms with Crippen molar-refractivity contribution in [2.45, 2.75) is 50.1 Å². The van der Waals surface area contributed by atoms with E-state index in [1.165, 1.54) is 17.4 Å². The number of hydrogen-bond acceptors (Lipinski definition) is 8. The Morgan fingerprint density at radius 2 is 1.62 bits per heavy atom. The Balaban J connectivity index is 1.36. The Kier molecular flexibility index (Phi) is 9.99. The Bertz CT molecular complexity index is 2290. The number of ether oxygens (including phenoxy) is 1. The first-order chi connectivity index (χ1) is 26.0. The second-order valence-corrected chi connectivity index (χ2v) is 14.0. The molecule has 5 aromatic rings. The minimum Gasteiger partial charge on any atom is -0.378 e. The molecular weight excluding hydrogens is 769 g/mol. The van der Waals surface area contributed by atoms with Gasteiger partial charge < -0.3 is 20.7 Å². The number of aromatic nitrogens is 4. The molecule has 2 amide bonds. The summed E-state index contributed by atoms with van der Waals surface area (Å²) in [4.78, 5) is 37.1. The van der Waals surface area contributed by atoms with E-state index in [-0.39, 0.29) is 32.7 Å². The van der Waals surface area contributed by atoms with E-state index in [1.54, 1.807) is 6.07 Å². The van der Waals surface area contributed by atoms with Gasteiger partial charge in [-0.15, -0.1) is 0 Å². The number of nitrogens with one attached hydrogen (secondary N) is 1. The lowest BCUT2D eigenvalue weighted by atomic mass is 9.89. The van der Waals surface area contributed by atoms with Crippen molar-refractivity contribution in [2.75, 3.05) is 31.2 Å². The van der Waals surface area contributed by atoms with Gasteiger partial charge in [-0.2, -0.15) is 18.9 Å². The molecule has 3 aromatic heterocycles. The summed E-state index contributed by atoms with van der Waals surface area (Å²) < 4.78 is 137. The number of halogens is 9. The summed E-state index contributed by atoms with van der Waals surface area (Å²) in [5.41, 5.74) is 0.423. The van der Waals surface area contributed by atoms with E-state index < -0.39 is 102 Å². The number of pyridine rings is 1. The molecule has 1 aliphatic heterocycles. The lowest BCUT2D eigenvalue weighted by Gasteiger charge is -2.29. The SMILES string of the molecule is NC(=O)c1cc(-c2cc3sc(N4CCOCC4)nc3nc2[C@@H](Cc2cc(F)cc(F)c2)NC(=O)Cn2nc(C(F)F)c3c2C(F)(F)CCC3(F)F)ccc1F. The molecule has 1 aliphatic carbocycles. The number of primary amides is 1. The maximum absolute atomic E-state index is 15.1. The van der Waals surface area contributed by atoms with Crippen LogP contribution in [0.2, 0.25) is 0 Å².